The Morgan fingerprint density at radius 3 is 2.62 bits per heavy atom. The Morgan fingerprint density at radius 2 is 1.88 bits per heavy atom. The Labute approximate surface area is 142 Å². The summed E-state index contributed by atoms with van der Waals surface area (Å²) in [6.07, 6.45) is 5.65. The Kier molecular flexibility index (Phi) is 4.07. The molecule has 124 valence electrons. The second kappa shape index (κ2) is 6.51. The number of aromatic nitrogens is 3. The molecule has 0 amide bonds. The fraction of sp³-hybridized carbons (Fsp3) is 0.368. The van der Waals surface area contributed by atoms with Crippen molar-refractivity contribution in [3.8, 4) is 0 Å². The number of imidazole rings is 1. The van der Waals surface area contributed by atoms with Gasteiger partial charge in [-0.2, -0.15) is 4.98 Å². The topological polar surface area (TPSA) is 46.0 Å². The van der Waals surface area contributed by atoms with Crippen molar-refractivity contribution in [2.45, 2.75) is 25.8 Å². The van der Waals surface area contributed by atoms with Gasteiger partial charge in [0.05, 0.1) is 23.9 Å². The maximum absolute atomic E-state index is 4.86. The lowest BCUT2D eigenvalue weighted by Crippen LogP contribution is -2.32. The molecule has 1 aliphatic heterocycles. The lowest BCUT2D eigenvalue weighted by molar-refractivity contribution is 0.560. The van der Waals surface area contributed by atoms with Crippen LogP contribution in [-0.2, 0) is 6.54 Å². The summed E-state index contributed by atoms with van der Waals surface area (Å²) >= 11 is 0. The fourth-order valence-corrected chi connectivity index (χ4v) is 3.39. The average molecular weight is 321 g/mol. The quantitative estimate of drug-likeness (QED) is 0.799. The van der Waals surface area contributed by atoms with Gasteiger partial charge in [0.25, 0.3) is 0 Å². The number of hydrogen-bond donors (Lipinski definition) is 1. The number of nitrogens with zero attached hydrogens (tertiary/aromatic N) is 4. The van der Waals surface area contributed by atoms with Crippen LogP contribution in [0.5, 0.6) is 0 Å². The number of benzene rings is 1. The van der Waals surface area contributed by atoms with E-state index in [0.29, 0.717) is 0 Å². The van der Waals surface area contributed by atoms with Gasteiger partial charge in [0.15, 0.2) is 5.65 Å². The third-order valence-electron chi connectivity index (χ3n) is 4.70. The number of fused-ring (bicyclic) bond motifs is 1. The summed E-state index contributed by atoms with van der Waals surface area (Å²) in [5.41, 5.74) is 4.21. The van der Waals surface area contributed by atoms with Gasteiger partial charge < -0.3 is 14.8 Å². The maximum atomic E-state index is 4.86. The van der Waals surface area contributed by atoms with E-state index in [-0.39, 0.29) is 0 Å². The zero-order valence-electron chi connectivity index (χ0n) is 14.1. The van der Waals surface area contributed by atoms with E-state index in [0.717, 1.165) is 42.4 Å². The zero-order valence-corrected chi connectivity index (χ0v) is 14.1. The van der Waals surface area contributed by atoms with E-state index in [9.17, 15) is 0 Å². The minimum Gasteiger partial charge on any atom is -0.387 e. The van der Waals surface area contributed by atoms with Crippen molar-refractivity contribution in [2.24, 2.45) is 0 Å². The largest absolute Gasteiger partial charge is 0.387 e. The molecule has 3 aromatic rings. The van der Waals surface area contributed by atoms with Crippen LogP contribution in [0.25, 0.3) is 11.2 Å². The molecule has 0 bridgehead atoms. The first kappa shape index (κ1) is 15.0. The molecule has 0 radical (unpaired) electrons. The van der Waals surface area contributed by atoms with Gasteiger partial charge in [-0.05, 0) is 30.9 Å². The van der Waals surface area contributed by atoms with E-state index in [1.165, 1.54) is 24.8 Å². The first-order chi connectivity index (χ1) is 11.8. The SMILES string of the molecule is CNc1cnc2nc(N3CCCCC3)n(Cc3ccccc3)c2c1. The van der Waals surface area contributed by atoms with Crippen molar-refractivity contribution in [3.05, 3.63) is 48.2 Å². The van der Waals surface area contributed by atoms with Crippen LogP contribution in [0, 0.1) is 0 Å². The molecule has 0 unspecified atom stereocenters. The van der Waals surface area contributed by atoms with Crippen LogP contribution in [-0.4, -0.2) is 34.7 Å². The number of piperidine rings is 1. The van der Waals surface area contributed by atoms with Crippen LogP contribution in [0.1, 0.15) is 24.8 Å². The van der Waals surface area contributed by atoms with E-state index in [4.69, 9.17) is 4.98 Å². The minimum absolute atomic E-state index is 0.817. The Morgan fingerprint density at radius 1 is 1.08 bits per heavy atom. The minimum atomic E-state index is 0.817. The lowest BCUT2D eigenvalue weighted by atomic mass is 10.1. The molecular weight excluding hydrogens is 298 g/mol. The molecule has 2 aromatic heterocycles. The molecule has 1 N–H and O–H groups in total. The van der Waals surface area contributed by atoms with Crippen molar-refractivity contribution in [1.29, 1.82) is 0 Å². The molecule has 1 aliphatic rings. The first-order valence-corrected chi connectivity index (χ1v) is 8.68. The summed E-state index contributed by atoms with van der Waals surface area (Å²) in [7, 11) is 1.92. The summed E-state index contributed by atoms with van der Waals surface area (Å²) in [4.78, 5) is 11.8. The lowest BCUT2D eigenvalue weighted by Gasteiger charge is -2.28. The molecule has 5 nitrogen and oxygen atoms in total. The summed E-state index contributed by atoms with van der Waals surface area (Å²) in [6.45, 7) is 2.98. The predicted molar refractivity (Wildman–Crippen MR) is 98.7 cm³/mol. The van der Waals surface area contributed by atoms with Gasteiger partial charge in [-0.1, -0.05) is 30.3 Å². The van der Waals surface area contributed by atoms with Crippen LogP contribution in [0.15, 0.2) is 42.6 Å². The monoisotopic (exact) mass is 321 g/mol. The van der Waals surface area contributed by atoms with Crippen molar-refractivity contribution in [3.63, 3.8) is 0 Å². The Bertz CT molecular complexity index is 818. The molecule has 1 saturated heterocycles. The summed E-state index contributed by atoms with van der Waals surface area (Å²) in [6, 6.07) is 12.7. The highest BCUT2D eigenvalue weighted by Crippen LogP contribution is 2.27. The van der Waals surface area contributed by atoms with E-state index in [1.54, 1.807) is 0 Å². The summed E-state index contributed by atoms with van der Waals surface area (Å²) in [5, 5.41) is 3.18. The molecule has 1 fully saturated rings. The Balaban J connectivity index is 1.82. The highest BCUT2D eigenvalue weighted by Gasteiger charge is 2.20. The van der Waals surface area contributed by atoms with Crippen molar-refractivity contribution >= 4 is 22.8 Å². The fourth-order valence-electron chi connectivity index (χ4n) is 3.39. The number of hydrogen-bond acceptors (Lipinski definition) is 4. The molecule has 1 aromatic carbocycles. The van der Waals surface area contributed by atoms with E-state index >= 15 is 0 Å². The van der Waals surface area contributed by atoms with Crippen molar-refractivity contribution in [1.82, 2.24) is 14.5 Å². The van der Waals surface area contributed by atoms with Gasteiger partial charge in [-0.3, -0.25) is 0 Å². The summed E-state index contributed by atoms with van der Waals surface area (Å²) < 4.78 is 2.31. The number of pyridine rings is 1. The molecule has 5 heteroatoms. The smallest absolute Gasteiger partial charge is 0.208 e. The van der Waals surface area contributed by atoms with Crippen molar-refractivity contribution in [2.75, 3.05) is 30.4 Å². The predicted octanol–water partition coefficient (Wildman–Crippen LogP) is 3.51. The standard InChI is InChI=1S/C19H23N5/c1-20-16-12-17-18(21-13-16)22-19(23-10-6-3-7-11-23)24(17)14-15-8-4-2-5-9-15/h2,4-5,8-9,12-13,20H,3,6-7,10-11,14H2,1H3. The van der Waals surface area contributed by atoms with Crippen LogP contribution in [0.2, 0.25) is 0 Å². The van der Waals surface area contributed by atoms with Crippen LogP contribution in [0.4, 0.5) is 11.6 Å². The van der Waals surface area contributed by atoms with Crippen molar-refractivity contribution < 1.29 is 0 Å². The normalized spacial score (nSPS) is 15.0. The number of nitrogens with one attached hydrogen (secondary N) is 1. The highest BCUT2D eigenvalue weighted by molar-refractivity contribution is 5.78. The average Bonchev–Trinajstić information content (AvgIpc) is 3.01. The van der Waals surface area contributed by atoms with Gasteiger partial charge >= 0.3 is 0 Å². The van der Waals surface area contributed by atoms with E-state index in [2.05, 4.69) is 56.2 Å². The van der Waals surface area contributed by atoms with Gasteiger partial charge in [-0.15, -0.1) is 0 Å². The third kappa shape index (κ3) is 2.82. The molecule has 4 rings (SSSR count). The molecule has 0 aliphatic carbocycles. The molecule has 0 saturated carbocycles. The van der Waals surface area contributed by atoms with Crippen LogP contribution >= 0.6 is 0 Å². The number of anilines is 2. The molecule has 3 heterocycles. The molecule has 24 heavy (non-hydrogen) atoms. The maximum Gasteiger partial charge on any atom is 0.208 e. The van der Waals surface area contributed by atoms with Crippen LogP contribution < -0.4 is 10.2 Å². The second-order valence-electron chi connectivity index (χ2n) is 6.35. The van der Waals surface area contributed by atoms with E-state index < -0.39 is 0 Å². The van der Waals surface area contributed by atoms with E-state index in [1.807, 2.05) is 13.2 Å². The summed E-state index contributed by atoms with van der Waals surface area (Å²) in [5.74, 6) is 1.05. The Hall–Kier alpha value is -2.56. The highest BCUT2D eigenvalue weighted by atomic mass is 15.3. The first-order valence-electron chi connectivity index (χ1n) is 8.68. The molecule has 0 spiro atoms. The zero-order chi connectivity index (χ0) is 16.4. The second-order valence-corrected chi connectivity index (χ2v) is 6.35. The van der Waals surface area contributed by atoms with Gasteiger partial charge in [0.1, 0.15) is 0 Å². The van der Waals surface area contributed by atoms with Gasteiger partial charge in [-0.25, -0.2) is 4.98 Å². The number of rotatable bonds is 4. The van der Waals surface area contributed by atoms with Gasteiger partial charge in [0.2, 0.25) is 5.95 Å². The molecule has 0 atom stereocenters. The van der Waals surface area contributed by atoms with Gasteiger partial charge in [0, 0.05) is 20.1 Å². The molecular formula is C19H23N5. The van der Waals surface area contributed by atoms with Crippen LogP contribution in [0.3, 0.4) is 0 Å². The third-order valence-corrected chi connectivity index (χ3v) is 4.70.